The number of fused-ring (bicyclic) bond motifs is 2. The molecule has 5 unspecified atom stereocenters. The Morgan fingerprint density at radius 3 is 2.71 bits per heavy atom. The summed E-state index contributed by atoms with van der Waals surface area (Å²) in [5.74, 6) is 0.225. The first-order valence-electron chi connectivity index (χ1n) is 9.97. The van der Waals surface area contributed by atoms with Crippen molar-refractivity contribution in [2.24, 2.45) is 11.8 Å². The van der Waals surface area contributed by atoms with Gasteiger partial charge in [0, 0.05) is 30.2 Å². The quantitative estimate of drug-likeness (QED) is 0.717. The maximum Gasteiger partial charge on any atom is 0.308 e. The number of aliphatic carboxylic acids is 1. The van der Waals surface area contributed by atoms with Gasteiger partial charge in [0.05, 0.1) is 13.0 Å². The minimum absolute atomic E-state index is 0.0410. The number of methoxy groups -OCH3 is 1. The molecule has 1 saturated carbocycles. The summed E-state index contributed by atoms with van der Waals surface area (Å²) in [6, 6.07) is 16.9. The van der Waals surface area contributed by atoms with Crippen LogP contribution in [0.5, 0.6) is 5.75 Å². The fourth-order valence-corrected chi connectivity index (χ4v) is 4.96. The molecule has 2 aromatic rings. The normalized spacial score (nSPS) is 28.9. The summed E-state index contributed by atoms with van der Waals surface area (Å²) < 4.78 is 5.53. The van der Waals surface area contributed by atoms with Crippen molar-refractivity contribution in [3.05, 3.63) is 65.2 Å². The Kier molecular flexibility index (Phi) is 5.38. The lowest BCUT2D eigenvalue weighted by atomic mass is 9.84. The SMILES string of the molecule is COc1ccc(C)cc1CNC1C2CC(NC1c1ccccc1)C(C(=O)O)C2. The highest BCUT2D eigenvalue weighted by atomic mass is 16.5. The second-order valence-corrected chi connectivity index (χ2v) is 8.06. The monoisotopic (exact) mass is 380 g/mol. The van der Waals surface area contributed by atoms with Crippen LogP contribution in [0.1, 0.15) is 35.6 Å². The van der Waals surface area contributed by atoms with Gasteiger partial charge in [-0.25, -0.2) is 0 Å². The van der Waals surface area contributed by atoms with Gasteiger partial charge in [0.15, 0.2) is 0 Å². The summed E-state index contributed by atoms with van der Waals surface area (Å²) >= 11 is 0. The van der Waals surface area contributed by atoms with Crippen LogP contribution in [0.4, 0.5) is 0 Å². The summed E-state index contributed by atoms with van der Waals surface area (Å²) in [6.45, 7) is 2.77. The van der Waals surface area contributed by atoms with E-state index in [-0.39, 0.29) is 24.0 Å². The van der Waals surface area contributed by atoms with Gasteiger partial charge in [-0.05, 0) is 37.3 Å². The van der Waals surface area contributed by atoms with E-state index in [0.29, 0.717) is 12.5 Å². The summed E-state index contributed by atoms with van der Waals surface area (Å²) in [7, 11) is 1.70. The molecule has 2 aliphatic rings. The minimum atomic E-state index is -0.687. The van der Waals surface area contributed by atoms with Crippen LogP contribution in [0, 0.1) is 18.8 Å². The number of piperidine rings is 1. The molecular formula is C23H28N2O3. The van der Waals surface area contributed by atoms with Crippen molar-refractivity contribution < 1.29 is 14.6 Å². The number of benzene rings is 2. The molecule has 1 aliphatic carbocycles. The lowest BCUT2D eigenvalue weighted by Gasteiger charge is -2.39. The smallest absolute Gasteiger partial charge is 0.308 e. The van der Waals surface area contributed by atoms with Crippen molar-refractivity contribution in [2.75, 3.05) is 7.11 Å². The highest BCUT2D eigenvalue weighted by molar-refractivity contribution is 5.71. The van der Waals surface area contributed by atoms with Crippen LogP contribution in [0.15, 0.2) is 48.5 Å². The molecule has 2 fully saturated rings. The molecule has 1 heterocycles. The van der Waals surface area contributed by atoms with Crippen molar-refractivity contribution in [1.29, 1.82) is 0 Å². The Labute approximate surface area is 166 Å². The molecule has 28 heavy (non-hydrogen) atoms. The molecule has 1 aliphatic heterocycles. The van der Waals surface area contributed by atoms with Gasteiger partial charge in [0.2, 0.25) is 0 Å². The zero-order valence-electron chi connectivity index (χ0n) is 16.4. The average molecular weight is 380 g/mol. The van der Waals surface area contributed by atoms with Gasteiger partial charge in [-0.15, -0.1) is 0 Å². The summed E-state index contributed by atoms with van der Waals surface area (Å²) in [5, 5.41) is 17.0. The molecule has 0 spiro atoms. The largest absolute Gasteiger partial charge is 0.496 e. The van der Waals surface area contributed by atoms with Crippen LogP contribution in [-0.2, 0) is 11.3 Å². The zero-order valence-corrected chi connectivity index (χ0v) is 16.4. The van der Waals surface area contributed by atoms with Gasteiger partial charge in [0.25, 0.3) is 0 Å². The van der Waals surface area contributed by atoms with Gasteiger partial charge in [-0.3, -0.25) is 4.79 Å². The third kappa shape index (κ3) is 3.64. The van der Waals surface area contributed by atoms with Crippen molar-refractivity contribution in [3.8, 4) is 5.75 Å². The maximum atomic E-state index is 11.7. The van der Waals surface area contributed by atoms with E-state index in [1.165, 1.54) is 11.1 Å². The van der Waals surface area contributed by atoms with Crippen molar-refractivity contribution >= 4 is 5.97 Å². The Balaban J connectivity index is 1.59. The van der Waals surface area contributed by atoms with Crippen LogP contribution < -0.4 is 15.4 Å². The Hall–Kier alpha value is -2.37. The van der Waals surface area contributed by atoms with E-state index in [1.807, 2.05) is 24.3 Å². The number of hydrogen-bond acceptors (Lipinski definition) is 4. The number of hydrogen-bond donors (Lipinski definition) is 3. The lowest BCUT2D eigenvalue weighted by Crippen LogP contribution is -2.52. The van der Waals surface area contributed by atoms with Gasteiger partial charge in [-0.1, -0.05) is 48.0 Å². The molecule has 148 valence electrons. The van der Waals surface area contributed by atoms with E-state index < -0.39 is 5.97 Å². The maximum absolute atomic E-state index is 11.7. The summed E-state index contributed by atoms with van der Waals surface area (Å²) in [4.78, 5) is 11.7. The molecule has 0 radical (unpaired) electrons. The van der Waals surface area contributed by atoms with E-state index in [9.17, 15) is 9.90 Å². The van der Waals surface area contributed by atoms with E-state index in [1.54, 1.807) is 7.11 Å². The number of carboxylic acids is 1. The topological polar surface area (TPSA) is 70.6 Å². The van der Waals surface area contributed by atoms with Crippen LogP contribution >= 0.6 is 0 Å². The van der Waals surface area contributed by atoms with Crippen molar-refractivity contribution in [3.63, 3.8) is 0 Å². The molecule has 5 heteroatoms. The molecule has 3 N–H and O–H groups in total. The molecule has 0 amide bonds. The summed E-state index contributed by atoms with van der Waals surface area (Å²) in [5.41, 5.74) is 3.53. The molecule has 2 bridgehead atoms. The predicted molar refractivity (Wildman–Crippen MR) is 108 cm³/mol. The van der Waals surface area contributed by atoms with Gasteiger partial charge in [-0.2, -0.15) is 0 Å². The number of rotatable bonds is 6. The van der Waals surface area contributed by atoms with Crippen LogP contribution in [-0.4, -0.2) is 30.3 Å². The van der Waals surface area contributed by atoms with E-state index in [2.05, 4.69) is 41.8 Å². The number of ether oxygens (including phenoxy) is 1. The number of carboxylic acid groups (broad SMARTS) is 1. The van der Waals surface area contributed by atoms with Crippen LogP contribution in [0.2, 0.25) is 0 Å². The molecule has 2 aromatic carbocycles. The number of aryl methyl sites for hydroxylation is 1. The van der Waals surface area contributed by atoms with E-state index in [4.69, 9.17) is 4.74 Å². The van der Waals surface area contributed by atoms with E-state index in [0.717, 1.165) is 24.2 Å². The second-order valence-electron chi connectivity index (χ2n) is 8.06. The van der Waals surface area contributed by atoms with Gasteiger partial charge >= 0.3 is 5.97 Å². The van der Waals surface area contributed by atoms with E-state index >= 15 is 0 Å². The Bertz CT molecular complexity index is 839. The van der Waals surface area contributed by atoms with Gasteiger partial charge < -0.3 is 20.5 Å². The fourth-order valence-electron chi connectivity index (χ4n) is 4.96. The average Bonchev–Trinajstić information content (AvgIpc) is 3.06. The first-order valence-corrected chi connectivity index (χ1v) is 9.97. The third-order valence-electron chi connectivity index (χ3n) is 6.30. The molecular weight excluding hydrogens is 352 g/mol. The minimum Gasteiger partial charge on any atom is -0.496 e. The second kappa shape index (κ2) is 7.94. The standard InChI is InChI=1S/C23H28N2O3/c1-14-8-9-20(28-2)17(10-14)13-24-21-16-11-18(23(26)27)19(12-16)25-22(21)15-6-4-3-5-7-15/h3-10,16,18-19,21-22,24-25H,11-13H2,1-2H3,(H,26,27). The van der Waals surface area contributed by atoms with Crippen molar-refractivity contribution in [1.82, 2.24) is 10.6 Å². The van der Waals surface area contributed by atoms with Crippen LogP contribution in [0.3, 0.4) is 0 Å². The predicted octanol–water partition coefficient (Wildman–Crippen LogP) is 3.29. The highest BCUT2D eigenvalue weighted by Crippen LogP contribution is 2.43. The lowest BCUT2D eigenvalue weighted by molar-refractivity contribution is -0.142. The van der Waals surface area contributed by atoms with Crippen molar-refractivity contribution in [2.45, 2.75) is 44.4 Å². The number of nitrogens with one attached hydrogen (secondary N) is 2. The first-order chi connectivity index (χ1) is 13.6. The zero-order chi connectivity index (χ0) is 19.7. The Morgan fingerprint density at radius 1 is 1.21 bits per heavy atom. The van der Waals surface area contributed by atoms with Crippen LogP contribution in [0.25, 0.3) is 0 Å². The fraction of sp³-hybridized carbons (Fsp3) is 0.435. The number of carbonyl (C=O) groups is 1. The van der Waals surface area contributed by atoms with Gasteiger partial charge in [0.1, 0.15) is 5.75 Å². The molecule has 0 aromatic heterocycles. The molecule has 1 saturated heterocycles. The molecule has 5 atom stereocenters. The highest BCUT2D eigenvalue weighted by Gasteiger charge is 2.49. The first kappa shape index (κ1) is 19.0. The Morgan fingerprint density at radius 2 is 2.00 bits per heavy atom. The third-order valence-corrected chi connectivity index (χ3v) is 6.30. The summed E-state index contributed by atoms with van der Waals surface area (Å²) in [6.07, 6.45) is 1.63. The molecule has 5 nitrogen and oxygen atoms in total. The molecule has 4 rings (SSSR count).